The third-order valence-corrected chi connectivity index (χ3v) is 2.21. The van der Waals surface area contributed by atoms with E-state index >= 15 is 0 Å². The highest BCUT2D eigenvalue weighted by molar-refractivity contribution is 6.30. The number of benzene rings is 1. The third-order valence-electron chi connectivity index (χ3n) is 1.98. The smallest absolute Gasteiger partial charge is 0.292 e. The second kappa shape index (κ2) is 7.29. The van der Waals surface area contributed by atoms with E-state index in [1.54, 1.807) is 18.3 Å². The minimum Gasteiger partial charge on any atom is -0.506 e. The average Bonchev–Trinajstić information content (AvgIpc) is 2.39. The minimum absolute atomic E-state index is 0.155. The Balaban J connectivity index is 0.000000357. The molecule has 0 spiro atoms. The minimum atomic E-state index is 0.155. The quantitative estimate of drug-likeness (QED) is 0.848. The predicted octanol–water partition coefficient (Wildman–Crippen LogP) is 2.90. The van der Waals surface area contributed by atoms with Gasteiger partial charge in [0.15, 0.2) is 0 Å². The van der Waals surface area contributed by atoms with Gasteiger partial charge in [-0.15, -0.1) is 0 Å². The molecule has 18 heavy (non-hydrogen) atoms. The van der Waals surface area contributed by atoms with Gasteiger partial charge in [0, 0.05) is 16.8 Å². The molecule has 0 radical (unpaired) electrons. The summed E-state index contributed by atoms with van der Waals surface area (Å²) in [6.45, 7) is 0.375. The lowest BCUT2D eigenvalue weighted by Gasteiger charge is -2.01. The van der Waals surface area contributed by atoms with Crippen LogP contribution < -0.4 is 0 Å². The maximum Gasteiger partial charge on any atom is 0.292 e. The second-order valence-electron chi connectivity index (χ2n) is 3.27. The first-order valence-electron chi connectivity index (χ1n) is 5.03. The molecule has 0 saturated carbocycles. The number of pyridine rings is 1. The van der Waals surface area contributed by atoms with E-state index in [0.717, 1.165) is 11.1 Å². The zero-order valence-corrected chi connectivity index (χ0v) is 10.5. The molecule has 0 bridgehead atoms. The van der Waals surface area contributed by atoms with E-state index in [1.165, 1.54) is 13.3 Å². The van der Waals surface area contributed by atoms with Crippen LogP contribution in [-0.4, -0.2) is 23.7 Å². The van der Waals surface area contributed by atoms with Crippen molar-refractivity contribution in [3.8, 4) is 16.9 Å². The number of aromatic hydroxyl groups is 1. The molecule has 5 heteroatoms. The van der Waals surface area contributed by atoms with Crippen molar-refractivity contribution in [2.45, 2.75) is 0 Å². The number of hydrogen-bond acceptors (Lipinski definition) is 4. The highest BCUT2D eigenvalue weighted by atomic mass is 35.5. The lowest BCUT2D eigenvalue weighted by molar-refractivity contribution is -0.126. The van der Waals surface area contributed by atoms with Gasteiger partial charge < -0.3 is 9.84 Å². The van der Waals surface area contributed by atoms with E-state index in [2.05, 4.69) is 9.72 Å². The number of carbonyl (C=O) groups is 1. The summed E-state index contributed by atoms with van der Waals surface area (Å²) >= 11 is 5.85. The molecule has 0 aliphatic heterocycles. The molecule has 0 saturated heterocycles. The molecule has 0 aliphatic rings. The Morgan fingerprint density at radius 1 is 1.28 bits per heavy atom. The molecule has 1 aromatic carbocycles. The molecule has 0 amide bonds. The van der Waals surface area contributed by atoms with E-state index in [9.17, 15) is 5.11 Å². The first-order chi connectivity index (χ1) is 8.67. The van der Waals surface area contributed by atoms with Crippen LogP contribution in [0.1, 0.15) is 0 Å². The van der Waals surface area contributed by atoms with Gasteiger partial charge in [0.25, 0.3) is 6.47 Å². The summed E-state index contributed by atoms with van der Waals surface area (Å²) in [4.78, 5) is 12.8. The van der Waals surface area contributed by atoms with Gasteiger partial charge in [-0.2, -0.15) is 0 Å². The van der Waals surface area contributed by atoms with Crippen LogP contribution in [-0.2, 0) is 9.53 Å². The summed E-state index contributed by atoms with van der Waals surface area (Å²) in [7, 11) is 1.31. The van der Waals surface area contributed by atoms with Crippen molar-refractivity contribution in [1.82, 2.24) is 4.98 Å². The van der Waals surface area contributed by atoms with Crippen LogP contribution in [0.15, 0.2) is 42.7 Å². The van der Waals surface area contributed by atoms with Crippen molar-refractivity contribution >= 4 is 18.1 Å². The van der Waals surface area contributed by atoms with Crippen LogP contribution in [0.4, 0.5) is 0 Å². The third kappa shape index (κ3) is 4.43. The molecular formula is C13H12ClNO3. The molecule has 0 unspecified atom stereocenters. The zero-order chi connectivity index (χ0) is 13.4. The summed E-state index contributed by atoms with van der Waals surface area (Å²) in [5.74, 6) is 0.155. The summed E-state index contributed by atoms with van der Waals surface area (Å²) in [5.41, 5.74) is 1.80. The maximum absolute atomic E-state index is 9.25. The Morgan fingerprint density at radius 2 is 2.00 bits per heavy atom. The number of halogens is 1. The maximum atomic E-state index is 9.25. The second-order valence-corrected chi connectivity index (χ2v) is 3.71. The molecular weight excluding hydrogens is 254 g/mol. The lowest BCUT2D eigenvalue weighted by Crippen LogP contribution is -1.79. The van der Waals surface area contributed by atoms with Crippen molar-refractivity contribution < 1.29 is 14.6 Å². The standard InChI is InChI=1S/C11H8ClNO.C2H4O2/c12-10-3-1-2-8(4-10)9-5-11(14)7-13-6-9;1-4-2-3/h1-7,14H;2H,1H3. The highest BCUT2D eigenvalue weighted by Crippen LogP contribution is 2.24. The first-order valence-corrected chi connectivity index (χ1v) is 5.41. The van der Waals surface area contributed by atoms with Crippen LogP contribution >= 0.6 is 11.6 Å². The number of ether oxygens (including phenoxy) is 1. The van der Waals surface area contributed by atoms with E-state index in [0.29, 0.717) is 11.5 Å². The summed E-state index contributed by atoms with van der Waals surface area (Å²) < 4.78 is 3.86. The molecule has 1 heterocycles. The van der Waals surface area contributed by atoms with Crippen molar-refractivity contribution in [2.24, 2.45) is 0 Å². The number of aromatic nitrogens is 1. The fourth-order valence-electron chi connectivity index (χ4n) is 1.25. The van der Waals surface area contributed by atoms with Crippen LogP contribution in [0, 0.1) is 0 Å². The summed E-state index contributed by atoms with van der Waals surface area (Å²) in [6.07, 6.45) is 3.08. The Labute approximate surface area is 110 Å². The van der Waals surface area contributed by atoms with Crippen LogP contribution in [0.25, 0.3) is 11.1 Å². The lowest BCUT2D eigenvalue weighted by atomic mass is 10.1. The molecule has 0 fully saturated rings. The molecule has 2 aromatic rings. The van der Waals surface area contributed by atoms with E-state index in [4.69, 9.17) is 16.4 Å². The normalized spacial score (nSPS) is 9.00. The summed E-state index contributed by atoms with van der Waals surface area (Å²) in [5, 5.41) is 9.92. The van der Waals surface area contributed by atoms with Gasteiger partial charge >= 0.3 is 0 Å². The molecule has 2 rings (SSSR count). The first kappa shape index (κ1) is 14.0. The highest BCUT2D eigenvalue weighted by Gasteiger charge is 1.99. The van der Waals surface area contributed by atoms with Gasteiger partial charge in [-0.25, -0.2) is 0 Å². The van der Waals surface area contributed by atoms with Gasteiger partial charge in [0.1, 0.15) is 5.75 Å². The van der Waals surface area contributed by atoms with Gasteiger partial charge in [0.2, 0.25) is 0 Å². The Bertz CT molecular complexity index is 474. The topological polar surface area (TPSA) is 59.4 Å². The molecule has 1 N–H and O–H groups in total. The Morgan fingerprint density at radius 3 is 2.56 bits per heavy atom. The fourth-order valence-corrected chi connectivity index (χ4v) is 1.44. The number of nitrogens with zero attached hydrogens (tertiary/aromatic N) is 1. The molecule has 0 aliphatic carbocycles. The zero-order valence-electron chi connectivity index (χ0n) is 9.71. The number of hydrogen-bond donors (Lipinski definition) is 1. The van der Waals surface area contributed by atoms with Crippen molar-refractivity contribution in [3.05, 3.63) is 47.7 Å². The Kier molecular flexibility index (Phi) is 5.67. The van der Waals surface area contributed by atoms with Gasteiger partial charge in [-0.3, -0.25) is 9.78 Å². The van der Waals surface area contributed by atoms with Crippen LogP contribution in [0.3, 0.4) is 0 Å². The number of carbonyl (C=O) groups excluding carboxylic acids is 1. The fraction of sp³-hybridized carbons (Fsp3) is 0.0769. The number of rotatable bonds is 2. The molecule has 1 aromatic heterocycles. The van der Waals surface area contributed by atoms with Gasteiger partial charge in [0.05, 0.1) is 13.3 Å². The largest absolute Gasteiger partial charge is 0.506 e. The monoisotopic (exact) mass is 265 g/mol. The SMILES string of the molecule is COC=O.Oc1cncc(-c2cccc(Cl)c2)c1. The molecule has 0 atom stereocenters. The van der Waals surface area contributed by atoms with Crippen molar-refractivity contribution in [2.75, 3.05) is 7.11 Å². The predicted molar refractivity (Wildman–Crippen MR) is 69.4 cm³/mol. The van der Waals surface area contributed by atoms with Gasteiger partial charge in [-0.1, -0.05) is 23.7 Å². The van der Waals surface area contributed by atoms with Gasteiger partial charge in [-0.05, 0) is 23.8 Å². The Hall–Kier alpha value is -2.07. The van der Waals surface area contributed by atoms with Crippen molar-refractivity contribution in [1.29, 1.82) is 0 Å². The van der Waals surface area contributed by atoms with Crippen LogP contribution in [0.2, 0.25) is 5.02 Å². The van der Waals surface area contributed by atoms with E-state index in [1.807, 2.05) is 18.2 Å². The van der Waals surface area contributed by atoms with Crippen LogP contribution in [0.5, 0.6) is 5.75 Å². The molecule has 94 valence electrons. The van der Waals surface area contributed by atoms with Crippen molar-refractivity contribution in [3.63, 3.8) is 0 Å². The number of methoxy groups -OCH3 is 1. The van der Waals surface area contributed by atoms with E-state index in [-0.39, 0.29) is 5.75 Å². The average molecular weight is 266 g/mol. The summed E-state index contributed by atoms with van der Waals surface area (Å²) in [6, 6.07) is 9.07. The molecule has 4 nitrogen and oxygen atoms in total. The van der Waals surface area contributed by atoms with E-state index < -0.39 is 0 Å².